The van der Waals surface area contributed by atoms with Gasteiger partial charge < -0.3 is 20.3 Å². The number of ether oxygens (including phenoxy) is 1. The number of hydrogen-bond donors (Lipinski definition) is 2. The van der Waals surface area contributed by atoms with Gasteiger partial charge in [-0.05, 0) is 82.6 Å². The molecule has 8 heteroatoms. The van der Waals surface area contributed by atoms with E-state index in [1.807, 2.05) is 68.6 Å². The highest BCUT2D eigenvalue weighted by Gasteiger charge is 2.44. The third-order valence-electron chi connectivity index (χ3n) is 6.36. The summed E-state index contributed by atoms with van der Waals surface area (Å²) in [5.41, 5.74) is 3.05. The molecule has 0 saturated heterocycles. The predicted octanol–water partition coefficient (Wildman–Crippen LogP) is 5.30. The van der Waals surface area contributed by atoms with Crippen LogP contribution in [-0.4, -0.2) is 52.5 Å². The SMILES string of the molecule is CSCCC(NC(=O)OC(C)(C)C)C(=O)N(C1CC1)C(C(=O)NCc1ccccc1)c1cc(C)ccc1C. The van der Waals surface area contributed by atoms with Gasteiger partial charge in [-0.2, -0.15) is 11.8 Å². The minimum Gasteiger partial charge on any atom is -0.444 e. The van der Waals surface area contributed by atoms with Crippen LogP contribution >= 0.6 is 11.8 Å². The first-order chi connectivity index (χ1) is 18.0. The number of rotatable bonds is 11. The van der Waals surface area contributed by atoms with Crippen molar-refractivity contribution in [2.75, 3.05) is 12.0 Å². The first kappa shape index (κ1) is 29.6. The lowest BCUT2D eigenvalue weighted by molar-refractivity contribution is -0.143. The van der Waals surface area contributed by atoms with Gasteiger partial charge in [-0.25, -0.2) is 4.79 Å². The van der Waals surface area contributed by atoms with Crippen molar-refractivity contribution in [3.05, 3.63) is 70.8 Å². The van der Waals surface area contributed by atoms with Gasteiger partial charge in [-0.15, -0.1) is 0 Å². The van der Waals surface area contributed by atoms with Crippen LogP contribution in [0.2, 0.25) is 0 Å². The van der Waals surface area contributed by atoms with E-state index in [9.17, 15) is 14.4 Å². The number of hydrogen-bond acceptors (Lipinski definition) is 5. The van der Waals surface area contributed by atoms with E-state index < -0.39 is 23.8 Å². The fourth-order valence-corrected chi connectivity index (χ4v) is 4.82. The molecule has 0 spiro atoms. The van der Waals surface area contributed by atoms with Gasteiger partial charge in [0, 0.05) is 12.6 Å². The first-order valence-electron chi connectivity index (χ1n) is 13.2. The van der Waals surface area contributed by atoms with E-state index >= 15 is 0 Å². The van der Waals surface area contributed by atoms with E-state index in [0.29, 0.717) is 18.7 Å². The maximum Gasteiger partial charge on any atom is 0.408 e. The van der Waals surface area contributed by atoms with E-state index in [0.717, 1.165) is 35.1 Å². The molecular weight excluding hydrogens is 498 g/mol. The molecular formula is C30H41N3O4S. The second-order valence-corrected chi connectivity index (χ2v) is 11.9. The average molecular weight is 540 g/mol. The molecule has 1 saturated carbocycles. The molecule has 1 aliphatic rings. The topological polar surface area (TPSA) is 87.7 Å². The van der Waals surface area contributed by atoms with Crippen LogP contribution < -0.4 is 10.6 Å². The molecule has 206 valence electrons. The zero-order valence-corrected chi connectivity index (χ0v) is 24.2. The number of carbonyl (C=O) groups is 3. The first-order valence-corrected chi connectivity index (χ1v) is 14.6. The summed E-state index contributed by atoms with van der Waals surface area (Å²) in [6.07, 6.45) is 3.41. The van der Waals surface area contributed by atoms with Crippen molar-refractivity contribution in [1.82, 2.24) is 15.5 Å². The molecule has 3 amide bonds. The number of aryl methyl sites for hydroxylation is 2. The van der Waals surface area contributed by atoms with Crippen molar-refractivity contribution in [3.63, 3.8) is 0 Å². The lowest BCUT2D eigenvalue weighted by atomic mass is 9.95. The number of carbonyl (C=O) groups excluding carboxylic acids is 3. The Morgan fingerprint density at radius 2 is 1.76 bits per heavy atom. The Morgan fingerprint density at radius 1 is 1.08 bits per heavy atom. The Hall–Kier alpha value is -3.00. The summed E-state index contributed by atoms with van der Waals surface area (Å²) in [6.45, 7) is 9.67. The summed E-state index contributed by atoms with van der Waals surface area (Å²) in [6, 6.07) is 14.0. The predicted molar refractivity (Wildman–Crippen MR) is 153 cm³/mol. The Bertz CT molecular complexity index is 1110. The molecule has 0 bridgehead atoms. The summed E-state index contributed by atoms with van der Waals surface area (Å²) in [5.74, 6) is 0.191. The van der Waals surface area contributed by atoms with Gasteiger partial charge >= 0.3 is 6.09 Å². The third kappa shape index (κ3) is 8.51. The van der Waals surface area contributed by atoms with Gasteiger partial charge in [0.1, 0.15) is 17.7 Å². The Labute approximate surface area is 231 Å². The lowest BCUT2D eigenvalue weighted by Crippen LogP contribution is -2.54. The van der Waals surface area contributed by atoms with Gasteiger partial charge in [0.2, 0.25) is 11.8 Å². The Kier molecular flexibility index (Phi) is 10.3. The molecule has 1 fully saturated rings. The minimum absolute atomic E-state index is 0.0629. The smallest absolute Gasteiger partial charge is 0.408 e. The van der Waals surface area contributed by atoms with Crippen LogP contribution in [0.15, 0.2) is 48.5 Å². The van der Waals surface area contributed by atoms with Crippen LogP contribution in [0.3, 0.4) is 0 Å². The molecule has 7 nitrogen and oxygen atoms in total. The average Bonchev–Trinajstić information content (AvgIpc) is 3.69. The van der Waals surface area contributed by atoms with Crippen molar-refractivity contribution in [2.45, 2.75) is 84.2 Å². The van der Waals surface area contributed by atoms with Crippen LogP contribution in [0, 0.1) is 13.8 Å². The quantitative estimate of drug-likeness (QED) is 0.405. The molecule has 0 aliphatic heterocycles. The van der Waals surface area contributed by atoms with Gasteiger partial charge in [0.05, 0.1) is 0 Å². The standard InChI is InChI=1S/C30H41N3O4S/c1-20-12-13-21(2)24(18-20)26(27(34)31-19-22-10-8-7-9-11-22)33(23-14-15-23)28(35)25(16-17-38-6)32-29(36)37-30(3,4)5/h7-13,18,23,25-26H,14-17,19H2,1-6H3,(H,31,34)(H,32,36). The molecule has 2 unspecified atom stereocenters. The van der Waals surface area contributed by atoms with Crippen LogP contribution in [-0.2, 0) is 20.9 Å². The van der Waals surface area contributed by atoms with Gasteiger partial charge in [0.15, 0.2) is 0 Å². The molecule has 2 aromatic carbocycles. The van der Waals surface area contributed by atoms with Crippen LogP contribution in [0.25, 0.3) is 0 Å². The molecule has 3 rings (SSSR count). The van der Waals surface area contributed by atoms with E-state index in [2.05, 4.69) is 10.6 Å². The van der Waals surface area contributed by atoms with Crippen LogP contribution in [0.1, 0.15) is 68.3 Å². The second-order valence-electron chi connectivity index (χ2n) is 10.9. The number of benzene rings is 2. The molecule has 1 aliphatic carbocycles. The maximum atomic E-state index is 14.2. The zero-order valence-electron chi connectivity index (χ0n) is 23.4. The fourth-order valence-electron chi connectivity index (χ4n) is 4.35. The number of thioether (sulfide) groups is 1. The normalized spacial score (nSPS) is 14.8. The van der Waals surface area contributed by atoms with Crippen LogP contribution in [0.4, 0.5) is 4.79 Å². The molecule has 38 heavy (non-hydrogen) atoms. The molecule has 2 N–H and O–H groups in total. The summed E-state index contributed by atoms with van der Waals surface area (Å²) in [5, 5.41) is 5.87. The summed E-state index contributed by atoms with van der Waals surface area (Å²) < 4.78 is 5.46. The number of amides is 3. The third-order valence-corrected chi connectivity index (χ3v) is 7.00. The molecule has 2 atom stereocenters. The summed E-state index contributed by atoms with van der Waals surface area (Å²) in [4.78, 5) is 42.5. The highest BCUT2D eigenvalue weighted by molar-refractivity contribution is 7.98. The van der Waals surface area contributed by atoms with Gasteiger partial charge in [0.25, 0.3) is 0 Å². The molecule has 0 heterocycles. The maximum absolute atomic E-state index is 14.2. The van der Waals surface area contributed by atoms with E-state index in [-0.39, 0.29) is 17.9 Å². The second kappa shape index (κ2) is 13.2. The van der Waals surface area contributed by atoms with E-state index in [4.69, 9.17) is 4.74 Å². The van der Waals surface area contributed by atoms with Crippen molar-refractivity contribution >= 4 is 29.7 Å². The van der Waals surface area contributed by atoms with Gasteiger partial charge in [-0.1, -0.05) is 54.1 Å². The minimum atomic E-state index is -0.809. The number of nitrogens with one attached hydrogen (secondary N) is 2. The number of nitrogens with zero attached hydrogens (tertiary/aromatic N) is 1. The monoisotopic (exact) mass is 539 g/mol. The van der Waals surface area contributed by atoms with Crippen LogP contribution in [0.5, 0.6) is 0 Å². The highest BCUT2D eigenvalue weighted by atomic mass is 32.2. The zero-order chi connectivity index (χ0) is 27.9. The van der Waals surface area contributed by atoms with E-state index in [1.54, 1.807) is 37.4 Å². The molecule has 0 aromatic heterocycles. The Morgan fingerprint density at radius 3 is 2.37 bits per heavy atom. The molecule has 2 aromatic rings. The highest BCUT2D eigenvalue weighted by Crippen LogP contribution is 2.37. The van der Waals surface area contributed by atoms with Crippen molar-refractivity contribution in [1.29, 1.82) is 0 Å². The largest absolute Gasteiger partial charge is 0.444 e. The lowest BCUT2D eigenvalue weighted by Gasteiger charge is -2.35. The summed E-state index contributed by atoms with van der Waals surface area (Å²) in [7, 11) is 0. The van der Waals surface area contributed by atoms with Gasteiger partial charge in [-0.3, -0.25) is 9.59 Å². The van der Waals surface area contributed by atoms with E-state index in [1.165, 1.54) is 0 Å². The summed E-state index contributed by atoms with van der Waals surface area (Å²) >= 11 is 1.60. The fraction of sp³-hybridized carbons (Fsp3) is 0.500. The van der Waals surface area contributed by atoms with Crippen molar-refractivity contribution in [2.24, 2.45) is 0 Å². The molecule has 0 radical (unpaired) electrons. The van der Waals surface area contributed by atoms with Crippen molar-refractivity contribution < 1.29 is 19.1 Å². The number of alkyl carbamates (subject to hydrolysis) is 1. The van der Waals surface area contributed by atoms with Crippen molar-refractivity contribution in [3.8, 4) is 0 Å². The Balaban J connectivity index is 1.96.